The van der Waals surface area contributed by atoms with Crippen molar-refractivity contribution in [3.05, 3.63) is 108 Å². The predicted octanol–water partition coefficient (Wildman–Crippen LogP) is 3.53. The van der Waals surface area contributed by atoms with Gasteiger partial charge in [-0.3, -0.25) is 14.2 Å². The maximum Gasteiger partial charge on any atom is 0.271 e. The summed E-state index contributed by atoms with van der Waals surface area (Å²) >= 11 is 2.82. The largest absolute Gasteiger partial charge is 0.472 e. The van der Waals surface area contributed by atoms with E-state index in [4.69, 9.17) is 4.42 Å². The maximum atomic E-state index is 13.4. The molecular weight excluding hydrogens is 430 g/mol. The van der Waals surface area contributed by atoms with Crippen LogP contribution in [-0.2, 0) is 4.79 Å². The molecule has 4 heterocycles. The number of carbonyl (C=O) groups excluding carboxylic acids is 1. The van der Waals surface area contributed by atoms with E-state index in [1.165, 1.54) is 22.7 Å². The summed E-state index contributed by atoms with van der Waals surface area (Å²) in [6.45, 7) is 1.81. The molecule has 8 heteroatoms. The SMILES string of the molecule is CC1=C(C(=O)Nc2ccccc2)C(c2cccs2)n2c(s/c(=C\c3ccoc3)c2=O)=N1. The molecule has 1 aliphatic rings. The number of benzene rings is 1. The number of amides is 1. The number of furan rings is 1. The Morgan fingerprint density at radius 1 is 1.19 bits per heavy atom. The molecule has 0 saturated heterocycles. The fraction of sp³-hybridized carbons (Fsp3) is 0.0870. The first-order valence-corrected chi connectivity index (χ1v) is 11.3. The Hall–Kier alpha value is -3.49. The maximum absolute atomic E-state index is 13.4. The van der Waals surface area contributed by atoms with Crippen LogP contribution >= 0.6 is 22.7 Å². The lowest BCUT2D eigenvalue weighted by atomic mass is 10.0. The highest BCUT2D eigenvalue weighted by Crippen LogP contribution is 2.33. The highest BCUT2D eigenvalue weighted by Gasteiger charge is 2.33. The molecule has 6 nitrogen and oxygen atoms in total. The second kappa shape index (κ2) is 7.98. The number of anilines is 1. The molecule has 1 atom stereocenters. The molecule has 31 heavy (non-hydrogen) atoms. The smallest absolute Gasteiger partial charge is 0.271 e. The minimum Gasteiger partial charge on any atom is -0.472 e. The third kappa shape index (κ3) is 3.60. The molecular formula is C23H17N3O3S2. The number of nitrogens with one attached hydrogen (secondary N) is 1. The first kappa shape index (κ1) is 19.5. The van der Waals surface area contributed by atoms with Crippen molar-refractivity contribution < 1.29 is 9.21 Å². The number of rotatable bonds is 4. The van der Waals surface area contributed by atoms with E-state index in [-0.39, 0.29) is 11.5 Å². The fourth-order valence-corrected chi connectivity index (χ4v) is 5.43. The van der Waals surface area contributed by atoms with E-state index in [0.29, 0.717) is 26.3 Å². The van der Waals surface area contributed by atoms with Gasteiger partial charge in [0, 0.05) is 16.1 Å². The highest BCUT2D eigenvalue weighted by molar-refractivity contribution is 7.10. The van der Waals surface area contributed by atoms with Crippen molar-refractivity contribution in [1.29, 1.82) is 0 Å². The summed E-state index contributed by atoms with van der Waals surface area (Å²) < 4.78 is 7.27. The number of carbonyl (C=O) groups is 1. The first-order chi connectivity index (χ1) is 15.1. The molecule has 154 valence electrons. The van der Waals surface area contributed by atoms with Crippen LogP contribution in [0.2, 0.25) is 0 Å². The standard InChI is InChI=1S/C23H17N3O3S2/c1-14-19(21(27)25-16-6-3-2-4-7-16)20(17-8-5-11-30-17)26-22(28)18(31-23(26)24-14)12-15-9-10-29-13-15/h2-13,20H,1H3,(H,25,27)/b18-12-. The van der Waals surface area contributed by atoms with E-state index in [0.717, 1.165) is 10.4 Å². The number of aromatic nitrogens is 1. The first-order valence-electron chi connectivity index (χ1n) is 9.56. The minimum atomic E-state index is -0.536. The lowest BCUT2D eigenvalue weighted by Crippen LogP contribution is -2.40. The number of fused-ring (bicyclic) bond motifs is 1. The number of allylic oxidation sites excluding steroid dienone is 1. The number of nitrogens with zero attached hydrogens (tertiary/aromatic N) is 2. The van der Waals surface area contributed by atoms with Gasteiger partial charge in [-0.25, -0.2) is 4.99 Å². The summed E-state index contributed by atoms with van der Waals surface area (Å²) in [4.78, 5) is 32.8. The monoisotopic (exact) mass is 447 g/mol. The highest BCUT2D eigenvalue weighted by atomic mass is 32.1. The van der Waals surface area contributed by atoms with Crippen LogP contribution in [0.3, 0.4) is 0 Å². The number of thiazole rings is 1. The molecule has 0 fully saturated rings. The van der Waals surface area contributed by atoms with E-state index in [1.807, 2.05) is 54.8 Å². The lowest BCUT2D eigenvalue weighted by molar-refractivity contribution is -0.113. The summed E-state index contributed by atoms with van der Waals surface area (Å²) in [6.07, 6.45) is 4.92. The molecule has 0 bridgehead atoms. The Kier molecular flexibility index (Phi) is 5.01. The molecule has 0 aliphatic carbocycles. The van der Waals surface area contributed by atoms with Crippen molar-refractivity contribution in [2.45, 2.75) is 13.0 Å². The lowest BCUT2D eigenvalue weighted by Gasteiger charge is -2.24. The molecule has 0 spiro atoms. The van der Waals surface area contributed by atoms with Gasteiger partial charge in [0.25, 0.3) is 11.5 Å². The van der Waals surface area contributed by atoms with Crippen LogP contribution < -0.4 is 20.2 Å². The second-order valence-corrected chi connectivity index (χ2v) is 8.96. The van der Waals surface area contributed by atoms with Crippen LogP contribution in [0.4, 0.5) is 5.69 Å². The molecule has 1 amide bonds. The zero-order chi connectivity index (χ0) is 21.4. The number of para-hydroxylation sites is 1. The van der Waals surface area contributed by atoms with Crippen LogP contribution in [0.15, 0.2) is 91.9 Å². The Bertz CT molecular complexity index is 1440. The topological polar surface area (TPSA) is 76.6 Å². The van der Waals surface area contributed by atoms with Gasteiger partial charge in [-0.2, -0.15) is 0 Å². The second-order valence-electron chi connectivity index (χ2n) is 6.97. The van der Waals surface area contributed by atoms with Crippen molar-refractivity contribution in [2.75, 3.05) is 5.32 Å². The molecule has 1 aromatic carbocycles. The Morgan fingerprint density at radius 3 is 2.74 bits per heavy atom. The van der Waals surface area contributed by atoms with E-state index >= 15 is 0 Å². The van der Waals surface area contributed by atoms with Gasteiger partial charge < -0.3 is 9.73 Å². The summed E-state index contributed by atoms with van der Waals surface area (Å²) in [5.41, 5.74) is 2.38. The number of hydrogen-bond donors (Lipinski definition) is 1. The van der Waals surface area contributed by atoms with Crippen LogP contribution in [0.5, 0.6) is 0 Å². The van der Waals surface area contributed by atoms with Crippen molar-refractivity contribution in [3.8, 4) is 0 Å². The normalized spacial score (nSPS) is 16.2. The van der Waals surface area contributed by atoms with E-state index in [2.05, 4.69) is 10.3 Å². The van der Waals surface area contributed by atoms with Crippen molar-refractivity contribution >= 4 is 40.3 Å². The van der Waals surface area contributed by atoms with Gasteiger partial charge in [0.2, 0.25) is 0 Å². The number of hydrogen-bond acceptors (Lipinski definition) is 6. The molecule has 3 aromatic heterocycles. The zero-order valence-corrected chi connectivity index (χ0v) is 18.1. The fourth-order valence-electron chi connectivity index (χ4n) is 3.56. The van der Waals surface area contributed by atoms with E-state index < -0.39 is 6.04 Å². The van der Waals surface area contributed by atoms with Gasteiger partial charge in [-0.15, -0.1) is 11.3 Å². The molecule has 4 aromatic rings. The average molecular weight is 448 g/mol. The van der Waals surface area contributed by atoms with Crippen LogP contribution in [0.25, 0.3) is 6.08 Å². The van der Waals surface area contributed by atoms with Gasteiger partial charge in [0.15, 0.2) is 4.80 Å². The predicted molar refractivity (Wildman–Crippen MR) is 122 cm³/mol. The van der Waals surface area contributed by atoms with Gasteiger partial charge in [0.05, 0.1) is 28.3 Å². The zero-order valence-electron chi connectivity index (χ0n) is 16.4. The van der Waals surface area contributed by atoms with Crippen LogP contribution in [-0.4, -0.2) is 10.5 Å². The number of thiophene rings is 1. The summed E-state index contributed by atoms with van der Waals surface area (Å²) in [7, 11) is 0. The third-order valence-corrected chi connectivity index (χ3v) is 6.86. The van der Waals surface area contributed by atoms with Crippen molar-refractivity contribution in [3.63, 3.8) is 0 Å². The Morgan fingerprint density at radius 2 is 2.03 bits per heavy atom. The minimum absolute atomic E-state index is 0.180. The Balaban J connectivity index is 1.66. The molecule has 0 radical (unpaired) electrons. The van der Waals surface area contributed by atoms with Gasteiger partial charge in [-0.05, 0) is 42.6 Å². The van der Waals surface area contributed by atoms with E-state index in [9.17, 15) is 9.59 Å². The molecule has 0 saturated carbocycles. The summed E-state index contributed by atoms with van der Waals surface area (Å²) in [5, 5.41) is 4.89. The van der Waals surface area contributed by atoms with Gasteiger partial charge >= 0.3 is 0 Å². The van der Waals surface area contributed by atoms with Crippen molar-refractivity contribution in [2.24, 2.45) is 4.99 Å². The Labute approximate surface area is 185 Å². The summed E-state index contributed by atoms with van der Waals surface area (Å²) in [6, 6.07) is 14.4. The molecule has 5 rings (SSSR count). The summed E-state index contributed by atoms with van der Waals surface area (Å²) in [5.74, 6) is -0.269. The average Bonchev–Trinajstić information content (AvgIpc) is 3.51. The van der Waals surface area contributed by atoms with Gasteiger partial charge in [-0.1, -0.05) is 35.6 Å². The van der Waals surface area contributed by atoms with Crippen LogP contribution in [0.1, 0.15) is 23.4 Å². The quantitative estimate of drug-likeness (QED) is 0.520. The van der Waals surface area contributed by atoms with E-state index in [1.54, 1.807) is 29.2 Å². The third-order valence-electron chi connectivity index (χ3n) is 4.95. The van der Waals surface area contributed by atoms with Crippen LogP contribution in [0, 0.1) is 0 Å². The van der Waals surface area contributed by atoms with Gasteiger partial charge in [0.1, 0.15) is 6.04 Å². The molecule has 1 unspecified atom stereocenters. The molecule has 1 N–H and O–H groups in total. The molecule has 1 aliphatic heterocycles. The van der Waals surface area contributed by atoms with Crippen molar-refractivity contribution in [1.82, 2.24) is 4.57 Å².